The fraction of sp³-hybridized carbons (Fsp3) is 0.816. The molecule has 332 valence electrons. The normalized spacial score (nSPS) is 13.2. The average molecular weight is 804 g/mol. The molecule has 0 aromatic rings. The van der Waals surface area contributed by atoms with Crippen molar-refractivity contribution in [1.29, 1.82) is 0 Å². The molecule has 2 unspecified atom stereocenters. The number of hydrogen-bond acceptors (Lipinski definition) is 7. The molecule has 57 heavy (non-hydrogen) atoms. The summed E-state index contributed by atoms with van der Waals surface area (Å²) in [4.78, 5) is 36.8. The van der Waals surface area contributed by atoms with E-state index >= 15 is 0 Å². The number of esters is 2. The van der Waals surface area contributed by atoms with Crippen molar-refractivity contribution in [2.75, 3.05) is 41.0 Å². The first-order valence-corrected chi connectivity index (χ1v) is 23.5. The van der Waals surface area contributed by atoms with Gasteiger partial charge in [0.2, 0.25) is 0 Å². The van der Waals surface area contributed by atoms with Crippen molar-refractivity contribution >= 4 is 17.9 Å². The fourth-order valence-corrected chi connectivity index (χ4v) is 6.91. The second-order valence-electron chi connectivity index (χ2n) is 17.0. The highest BCUT2D eigenvalue weighted by Gasteiger charge is 2.25. The molecular formula is C49H89NO7. The maximum absolute atomic E-state index is 12.7. The van der Waals surface area contributed by atoms with E-state index in [0.717, 1.165) is 57.8 Å². The molecule has 0 N–H and O–H groups in total. The summed E-state index contributed by atoms with van der Waals surface area (Å²) < 4.78 is 17.2. The highest BCUT2D eigenvalue weighted by atomic mass is 16.6. The van der Waals surface area contributed by atoms with E-state index in [9.17, 15) is 19.5 Å². The number of nitrogens with zero attached hydrogens (tertiary/aromatic N) is 1. The Morgan fingerprint density at radius 2 is 0.982 bits per heavy atom. The lowest BCUT2D eigenvalue weighted by atomic mass is 10.0. The molecule has 0 amide bonds. The average Bonchev–Trinajstić information content (AvgIpc) is 3.17. The number of allylic oxidation sites excluding steroid dienone is 6. The third kappa shape index (κ3) is 38.8. The van der Waals surface area contributed by atoms with Crippen molar-refractivity contribution in [2.24, 2.45) is 0 Å². The van der Waals surface area contributed by atoms with Crippen LogP contribution in [-0.2, 0) is 28.6 Å². The van der Waals surface area contributed by atoms with Crippen LogP contribution in [0.4, 0.5) is 0 Å². The molecule has 8 nitrogen and oxygen atoms in total. The lowest BCUT2D eigenvalue weighted by molar-refractivity contribution is -0.889. The van der Waals surface area contributed by atoms with Crippen molar-refractivity contribution in [2.45, 2.75) is 219 Å². The topological polar surface area (TPSA) is 102 Å². The summed E-state index contributed by atoms with van der Waals surface area (Å²) in [5.41, 5.74) is 0. The Morgan fingerprint density at radius 1 is 0.544 bits per heavy atom. The molecule has 0 radical (unpaired) electrons. The number of quaternary nitrogens is 1. The fourth-order valence-electron chi connectivity index (χ4n) is 6.91. The molecule has 0 saturated heterocycles. The minimum Gasteiger partial charge on any atom is -0.544 e. The first kappa shape index (κ1) is 54.6. The van der Waals surface area contributed by atoms with Gasteiger partial charge in [0, 0.05) is 19.3 Å². The van der Waals surface area contributed by atoms with E-state index in [-0.39, 0.29) is 42.7 Å². The number of carbonyl (C=O) groups excluding carboxylic acids is 3. The predicted octanol–water partition coefficient (Wildman–Crippen LogP) is 11.7. The Kier molecular flexibility index (Phi) is 38.6. The number of likely N-dealkylation sites (N-methyl/N-ethyl adjacent to an activating group) is 1. The summed E-state index contributed by atoms with van der Waals surface area (Å²) in [6.07, 6.45) is 46.0. The van der Waals surface area contributed by atoms with E-state index in [1.54, 1.807) is 21.1 Å². The summed E-state index contributed by atoms with van der Waals surface area (Å²) in [6, 6.07) is -0.723. The molecule has 0 aliphatic rings. The Morgan fingerprint density at radius 3 is 1.46 bits per heavy atom. The smallest absolute Gasteiger partial charge is 0.306 e. The van der Waals surface area contributed by atoms with Crippen LogP contribution in [0.5, 0.6) is 0 Å². The number of ether oxygens (including phenoxy) is 3. The third-order valence-electron chi connectivity index (χ3n) is 10.5. The van der Waals surface area contributed by atoms with Gasteiger partial charge >= 0.3 is 11.9 Å². The first-order valence-electron chi connectivity index (χ1n) is 23.5. The molecule has 0 fully saturated rings. The summed E-state index contributed by atoms with van der Waals surface area (Å²) in [7, 11) is 5.41. The zero-order valence-corrected chi connectivity index (χ0v) is 37.8. The van der Waals surface area contributed by atoms with Gasteiger partial charge in [-0.3, -0.25) is 9.59 Å². The molecule has 0 aromatic heterocycles. The molecular weight excluding hydrogens is 715 g/mol. The van der Waals surface area contributed by atoms with E-state index in [2.05, 4.69) is 50.3 Å². The van der Waals surface area contributed by atoms with Gasteiger partial charge in [-0.05, 0) is 44.9 Å². The Hall–Kier alpha value is -2.45. The summed E-state index contributed by atoms with van der Waals surface area (Å²) in [5, 5.41) is 11.6. The second kappa shape index (κ2) is 40.3. The molecule has 0 aliphatic carbocycles. The van der Waals surface area contributed by atoms with Gasteiger partial charge in [-0.25, -0.2) is 0 Å². The van der Waals surface area contributed by atoms with Gasteiger partial charge in [0.25, 0.3) is 0 Å². The van der Waals surface area contributed by atoms with E-state index in [0.29, 0.717) is 12.8 Å². The molecule has 0 aliphatic heterocycles. The van der Waals surface area contributed by atoms with E-state index in [4.69, 9.17) is 14.2 Å². The highest BCUT2D eigenvalue weighted by Crippen LogP contribution is 2.15. The first-order chi connectivity index (χ1) is 27.6. The van der Waals surface area contributed by atoms with Crippen molar-refractivity contribution in [3.05, 3.63) is 36.5 Å². The summed E-state index contributed by atoms with van der Waals surface area (Å²) >= 11 is 0. The molecule has 0 rings (SSSR count). The number of carboxylic acids is 1. The van der Waals surface area contributed by atoms with E-state index < -0.39 is 18.1 Å². The Labute approximate surface area is 351 Å². The van der Waals surface area contributed by atoms with Crippen LogP contribution in [0.3, 0.4) is 0 Å². The zero-order valence-electron chi connectivity index (χ0n) is 37.8. The van der Waals surface area contributed by atoms with Crippen LogP contribution in [0, 0.1) is 0 Å². The molecule has 2 atom stereocenters. The largest absolute Gasteiger partial charge is 0.544 e. The van der Waals surface area contributed by atoms with E-state index in [1.807, 2.05) is 0 Å². The zero-order chi connectivity index (χ0) is 42.1. The van der Waals surface area contributed by atoms with Gasteiger partial charge < -0.3 is 28.6 Å². The molecule has 8 heteroatoms. The number of carbonyl (C=O) groups is 3. The van der Waals surface area contributed by atoms with Crippen LogP contribution in [0.25, 0.3) is 0 Å². The quantitative estimate of drug-likeness (QED) is 0.0262. The number of carboxylic acid groups (broad SMARTS) is 1. The minimum atomic E-state index is -1.12. The SMILES string of the molecule is CC/C=C/C/C=C/C/C=C/CCCCCCCCCCCCCCCC(=O)OC(COCCC(C(=O)[O-])[N+](C)(C)C)COC(=O)CCCCCCCCCCCC. The van der Waals surface area contributed by atoms with Crippen LogP contribution in [0.2, 0.25) is 0 Å². The number of aliphatic carboxylic acids is 1. The van der Waals surface area contributed by atoms with Gasteiger partial charge in [0.15, 0.2) is 6.10 Å². The maximum Gasteiger partial charge on any atom is 0.306 e. The third-order valence-corrected chi connectivity index (χ3v) is 10.5. The lowest BCUT2D eigenvalue weighted by Crippen LogP contribution is -2.55. The van der Waals surface area contributed by atoms with Crippen LogP contribution >= 0.6 is 0 Å². The maximum atomic E-state index is 12.7. The Bertz CT molecular complexity index is 1030. The predicted molar refractivity (Wildman–Crippen MR) is 236 cm³/mol. The molecule has 0 aromatic carbocycles. The van der Waals surface area contributed by atoms with Crippen LogP contribution in [0.15, 0.2) is 36.5 Å². The van der Waals surface area contributed by atoms with Gasteiger partial charge in [0.05, 0.1) is 40.3 Å². The van der Waals surface area contributed by atoms with Crippen LogP contribution in [0.1, 0.15) is 206 Å². The van der Waals surface area contributed by atoms with Crippen LogP contribution in [-0.4, -0.2) is 75.5 Å². The second-order valence-corrected chi connectivity index (χ2v) is 17.0. The molecule has 0 saturated carbocycles. The summed E-state index contributed by atoms with van der Waals surface area (Å²) in [5.74, 6) is -1.73. The number of rotatable bonds is 42. The molecule has 0 heterocycles. The minimum absolute atomic E-state index is 0.0436. The van der Waals surface area contributed by atoms with Crippen molar-refractivity contribution < 1.29 is 38.2 Å². The van der Waals surface area contributed by atoms with Crippen molar-refractivity contribution in [3.63, 3.8) is 0 Å². The lowest BCUT2D eigenvalue weighted by Gasteiger charge is -2.34. The number of hydrogen-bond donors (Lipinski definition) is 0. The number of unbranched alkanes of at least 4 members (excludes halogenated alkanes) is 22. The monoisotopic (exact) mass is 804 g/mol. The highest BCUT2D eigenvalue weighted by molar-refractivity contribution is 5.70. The van der Waals surface area contributed by atoms with Crippen molar-refractivity contribution in [3.8, 4) is 0 Å². The summed E-state index contributed by atoms with van der Waals surface area (Å²) in [6.45, 7) is 4.55. The Balaban J connectivity index is 4.18. The van der Waals surface area contributed by atoms with Gasteiger partial charge in [-0.2, -0.15) is 0 Å². The molecule has 0 spiro atoms. The van der Waals surface area contributed by atoms with Gasteiger partial charge in [0.1, 0.15) is 12.6 Å². The van der Waals surface area contributed by atoms with Gasteiger partial charge in [-0.15, -0.1) is 0 Å². The standard InChI is InChI=1S/C49H89NO7/c1-6-8-10-12-14-16-18-19-20-21-22-23-24-25-26-27-28-29-30-32-34-36-38-40-48(52)57-45(43-55-42-41-46(49(53)54)50(3,4)5)44-56-47(51)39-37-35-33-31-17-15-13-11-9-7-2/h8,10,14,16,19-20,45-46H,6-7,9,11-13,15,17-18,21-44H2,1-5H3/b10-8+,16-14+,20-19+. The van der Waals surface area contributed by atoms with Crippen LogP contribution < -0.4 is 5.11 Å². The molecule has 0 bridgehead atoms. The van der Waals surface area contributed by atoms with Gasteiger partial charge in [-0.1, -0.05) is 179 Å². The van der Waals surface area contributed by atoms with Crippen molar-refractivity contribution in [1.82, 2.24) is 0 Å². The van der Waals surface area contributed by atoms with E-state index in [1.165, 1.54) is 116 Å².